The Morgan fingerprint density at radius 3 is 2.67 bits per heavy atom. The van der Waals surface area contributed by atoms with Gasteiger partial charge in [0.1, 0.15) is 0 Å². The Morgan fingerprint density at radius 1 is 1.50 bits per heavy atom. The second-order valence-electron chi connectivity index (χ2n) is 4.18. The largest absolute Gasteiger partial charge is 0.378 e. The number of morpholine rings is 1. The second-order valence-corrected chi connectivity index (χ2v) is 5.55. The molecule has 6 nitrogen and oxygen atoms in total. The van der Waals surface area contributed by atoms with E-state index in [9.17, 15) is 14.9 Å². The van der Waals surface area contributed by atoms with Crippen molar-refractivity contribution >= 4 is 21.8 Å². The molecule has 2 aliphatic rings. The lowest BCUT2D eigenvalue weighted by Gasteiger charge is -2.28. The van der Waals surface area contributed by atoms with E-state index in [1.807, 2.05) is 0 Å². The first-order chi connectivity index (χ1) is 8.53. The van der Waals surface area contributed by atoms with E-state index in [1.54, 1.807) is 11.0 Å². The highest BCUT2D eigenvalue weighted by atomic mass is 79.9. The van der Waals surface area contributed by atoms with Gasteiger partial charge in [0.25, 0.3) is 10.4 Å². The fourth-order valence-electron chi connectivity index (χ4n) is 1.85. The Labute approximate surface area is 113 Å². The van der Waals surface area contributed by atoms with Gasteiger partial charge in [-0.3, -0.25) is 14.9 Å². The Bertz CT molecular complexity index is 429. The predicted octanol–water partition coefficient (Wildman–Crippen LogP) is 1.10. The van der Waals surface area contributed by atoms with Crippen LogP contribution in [0.1, 0.15) is 6.42 Å². The van der Waals surface area contributed by atoms with Crippen LogP contribution in [0.25, 0.3) is 0 Å². The van der Waals surface area contributed by atoms with Crippen LogP contribution < -0.4 is 0 Å². The van der Waals surface area contributed by atoms with Gasteiger partial charge in [-0.25, -0.2) is 0 Å². The maximum absolute atomic E-state index is 12.1. The zero-order valence-electron chi connectivity index (χ0n) is 9.67. The van der Waals surface area contributed by atoms with Crippen molar-refractivity contribution in [2.45, 2.75) is 10.9 Å². The number of nitro groups is 1. The molecular formula is C11H13BrN2O4. The molecule has 0 saturated carbocycles. The third-order valence-corrected chi connectivity index (χ3v) is 3.85. The molecule has 0 N–H and O–H groups in total. The van der Waals surface area contributed by atoms with Crippen LogP contribution >= 0.6 is 15.9 Å². The van der Waals surface area contributed by atoms with Crippen LogP contribution in [0.15, 0.2) is 23.8 Å². The molecule has 7 heteroatoms. The van der Waals surface area contributed by atoms with Gasteiger partial charge >= 0.3 is 0 Å². The molecule has 18 heavy (non-hydrogen) atoms. The summed E-state index contributed by atoms with van der Waals surface area (Å²) in [5.41, 5.74) is 0.508. The first-order valence-corrected chi connectivity index (χ1v) is 6.42. The van der Waals surface area contributed by atoms with Crippen LogP contribution in [0.5, 0.6) is 0 Å². The molecule has 0 aromatic heterocycles. The molecule has 0 spiro atoms. The van der Waals surface area contributed by atoms with E-state index < -0.39 is 9.37 Å². The fraction of sp³-hybridized carbons (Fsp3) is 0.545. The number of nitrogens with zero attached hydrogens (tertiary/aromatic N) is 2. The minimum atomic E-state index is -1.28. The molecule has 1 atom stereocenters. The topological polar surface area (TPSA) is 72.7 Å². The van der Waals surface area contributed by atoms with E-state index >= 15 is 0 Å². The molecule has 1 aliphatic heterocycles. The molecule has 0 aromatic carbocycles. The number of ether oxygens (including phenoxy) is 1. The molecule has 1 heterocycles. The third-order valence-electron chi connectivity index (χ3n) is 2.98. The second kappa shape index (κ2) is 5.19. The number of rotatable bonds is 2. The molecular weight excluding hydrogens is 304 g/mol. The van der Waals surface area contributed by atoms with Crippen molar-refractivity contribution in [3.63, 3.8) is 0 Å². The Morgan fingerprint density at radius 2 is 2.17 bits per heavy atom. The van der Waals surface area contributed by atoms with Crippen molar-refractivity contribution < 1.29 is 14.5 Å². The number of hydrogen-bond donors (Lipinski definition) is 0. The van der Waals surface area contributed by atoms with Gasteiger partial charge in [0.05, 0.1) is 19.6 Å². The molecule has 0 aromatic rings. The van der Waals surface area contributed by atoms with Crippen LogP contribution in [0.3, 0.4) is 0 Å². The Kier molecular flexibility index (Phi) is 3.82. The summed E-state index contributed by atoms with van der Waals surface area (Å²) in [6.45, 7) is 2.22. The van der Waals surface area contributed by atoms with Gasteiger partial charge < -0.3 is 9.64 Å². The molecule has 1 fully saturated rings. The normalized spacial score (nSPS) is 27.8. The average molecular weight is 317 g/mol. The van der Waals surface area contributed by atoms with Gasteiger partial charge in [0.15, 0.2) is 0 Å². The molecule has 0 radical (unpaired) electrons. The van der Waals surface area contributed by atoms with Gasteiger partial charge in [0.2, 0.25) is 0 Å². The zero-order chi connectivity index (χ0) is 13.2. The Hall–Kier alpha value is -1.21. The number of halogens is 1. The SMILES string of the molecule is O=C(C1=CCC(Br)([N+](=O)[O-])C=C1)N1CCOCC1. The van der Waals surface area contributed by atoms with Crippen LogP contribution in [-0.4, -0.2) is 46.5 Å². The van der Waals surface area contributed by atoms with Gasteiger partial charge in [-0.05, 0) is 6.08 Å². The number of carbonyl (C=O) groups excluding carboxylic acids is 1. The van der Waals surface area contributed by atoms with E-state index in [1.165, 1.54) is 12.2 Å². The molecule has 98 valence electrons. The maximum Gasteiger partial charge on any atom is 0.296 e. The molecule has 0 bridgehead atoms. The fourth-order valence-corrected chi connectivity index (χ4v) is 2.14. The molecule has 1 amide bonds. The van der Waals surface area contributed by atoms with Crippen LogP contribution in [-0.2, 0) is 9.53 Å². The molecule has 1 aliphatic carbocycles. The van der Waals surface area contributed by atoms with Crippen molar-refractivity contribution in [2.24, 2.45) is 0 Å². The van der Waals surface area contributed by atoms with Gasteiger partial charge in [-0.1, -0.05) is 6.08 Å². The highest BCUT2D eigenvalue weighted by molar-refractivity contribution is 9.10. The van der Waals surface area contributed by atoms with Crippen molar-refractivity contribution in [1.82, 2.24) is 4.90 Å². The summed E-state index contributed by atoms with van der Waals surface area (Å²) in [4.78, 5) is 24.2. The quantitative estimate of drug-likeness (QED) is 0.331. The third kappa shape index (κ3) is 2.62. The van der Waals surface area contributed by atoms with Crippen LogP contribution in [0.4, 0.5) is 0 Å². The molecule has 1 saturated heterocycles. The number of amides is 1. The van der Waals surface area contributed by atoms with Crippen molar-refractivity contribution in [3.8, 4) is 0 Å². The minimum absolute atomic E-state index is 0.0903. The van der Waals surface area contributed by atoms with E-state index in [2.05, 4.69) is 15.9 Å². The summed E-state index contributed by atoms with van der Waals surface area (Å²) in [6, 6.07) is 0. The van der Waals surface area contributed by atoms with Crippen molar-refractivity contribution in [1.29, 1.82) is 0 Å². The number of hydrogen-bond acceptors (Lipinski definition) is 4. The Balaban J connectivity index is 2.04. The lowest BCUT2D eigenvalue weighted by atomic mass is 10.0. The highest BCUT2D eigenvalue weighted by Gasteiger charge is 2.38. The smallest absolute Gasteiger partial charge is 0.296 e. The number of alkyl halides is 1. The highest BCUT2D eigenvalue weighted by Crippen LogP contribution is 2.30. The van der Waals surface area contributed by atoms with Gasteiger partial charge in [-0.15, -0.1) is 0 Å². The minimum Gasteiger partial charge on any atom is -0.378 e. The van der Waals surface area contributed by atoms with E-state index in [4.69, 9.17) is 4.74 Å². The first kappa shape index (κ1) is 13.2. The van der Waals surface area contributed by atoms with E-state index in [0.717, 1.165) is 0 Å². The zero-order valence-corrected chi connectivity index (χ0v) is 11.3. The molecule has 2 rings (SSSR count). The van der Waals surface area contributed by atoms with Crippen molar-refractivity contribution in [3.05, 3.63) is 33.9 Å². The predicted molar refractivity (Wildman–Crippen MR) is 67.9 cm³/mol. The summed E-state index contributed by atoms with van der Waals surface area (Å²) in [5, 5.41) is 10.8. The van der Waals surface area contributed by atoms with Crippen LogP contribution in [0.2, 0.25) is 0 Å². The van der Waals surface area contributed by atoms with Gasteiger partial charge in [0, 0.05) is 45.6 Å². The summed E-state index contributed by atoms with van der Waals surface area (Å²) in [5.74, 6) is -0.0903. The van der Waals surface area contributed by atoms with Gasteiger partial charge in [-0.2, -0.15) is 0 Å². The monoisotopic (exact) mass is 316 g/mol. The molecule has 1 unspecified atom stereocenters. The average Bonchev–Trinajstić information content (AvgIpc) is 2.40. The lowest BCUT2D eigenvalue weighted by molar-refractivity contribution is -0.521. The maximum atomic E-state index is 12.1. The van der Waals surface area contributed by atoms with E-state index in [0.29, 0.717) is 31.9 Å². The number of carbonyl (C=O) groups is 1. The van der Waals surface area contributed by atoms with Crippen molar-refractivity contribution in [2.75, 3.05) is 26.3 Å². The first-order valence-electron chi connectivity index (χ1n) is 5.63. The van der Waals surface area contributed by atoms with E-state index in [-0.39, 0.29) is 12.3 Å². The van der Waals surface area contributed by atoms with Crippen LogP contribution in [0, 0.1) is 10.1 Å². The summed E-state index contributed by atoms with van der Waals surface area (Å²) >= 11 is 3.06. The summed E-state index contributed by atoms with van der Waals surface area (Å²) in [6.07, 6.45) is 4.71. The standard InChI is InChI=1S/C11H13BrN2O4/c12-11(14(16)17)3-1-9(2-4-11)10(15)13-5-7-18-8-6-13/h1-3H,4-8H2. The summed E-state index contributed by atoms with van der Waals surface area (Å²) < 4.78 is 3.90. The summed E-state index contributed by atoms with van der Waals surface area (Å²) in [7, 11) is 0. The lowest BCUT2D eigenvalue weighted by Crippen LogP contribution is -2.41.